The van der Waals surface area contributed by atoms with Gasteiger partial charge < -0.3 is 5.73 Å². The van der Waals surface area contributed by atoms with Gasteiger partial charge in [-0.3, -0.25) is 4.90 Å². The predicted octanol–water partition coefficient (Wildman–Crippen LogP) is 3.79. The molecule has 0 radical (unpaired) electrons. The van der Waals surface area contributed by atoms with Crippen molar-refractivity contribution in [2.24, 2.45) is 5.73 Å². The summed E-state index contributed by atoms with van der Waals surface area (Å²) in [5.74, 6) is 0. The minimum Gasteiger partial charge on any atom is -0.329 e. The van der Waals surface area contributed by atoms with Crippen molar-refractivity contribution in [3.63, 3.8) is 0 Å². The van der Waals surface area contributed by atoms with Crippen molar-refractivity contribution >= 4 is 0 Å². The molecule has 20 heavy (non-hydrogen) atoms. The van der Waals surface area contributed by atoms with Gasteiger partial charge >= 0.3 is 0 Å². The summed E-state index contributed by atoms with van der Waals surface area (Å²) in [5.41, 5.74) is 10.5. The van der Waals surface area contributed by atoms with Crippen LogP contribution in [-0.4, -0.2) is 24.0 Å². The van der Waals surface area contributed by atoms with Crippen LogP contribution in [0.5, 0.6) is 0 Å². The van der Waals surface area contributed by atoms with Crippen molar-refractivity contribution in [3.05, 3.63) is 34.9 Å². The van der Waals surface area contributed by atoms with Gasteiger partial charge in [-0.15, -0.1) is 0 Å². The van der Waals surface area contributed by atoms with Gasteiger partial charge in [0.2, 0.25) is 0 Å². The Labute approximate surface area is 124 Å². The Hall–Kier alpha value is -0.860. The zero-order chi connectivity index (χ0) is 14.6. The molecule has 0 aliphatic heterocycles. The molecule has 1 aromatic rings. The fourth-order valence-corrected chi connectivity index (χ4v) is 3.73. The minimum atomic E-state index is 0.216. The molecule has 0 unspecified atom stereocenters. The molecule has 0 spiro atoms. The molecule has 0 heterocycles. The average Bonchev–Trinajstić information content (AvgIpc) is 2.63. The third-order valence-electron chi connectivity index (χ3n) is 4.93. The Morgan fingerprint density at radius 2 is 1.55 bits per heavy atom. The summed E-state index contributed by atoms with van der Waals surface area (Å²) in [4.78, 5) is 2.52. The quantitative estimate of drug-likeness (QED) is 0.847. The van der Waals surface area contributed by atoms with Crippen LogP contribution >= 0.6 is 0 Å². The summed E-state index contributed by atoms with van der Waals surface area (Å²) in [6.45, 7) is 6.16. The monoisotopic (exact) mass is 274 g/mol. The van der Waals surface area contributed by atoms with Gasteiger partial charge in [0.15, 0.2) is 0 Å². The molecular weight excluding hydrogens is 244 g/mol. The molecule has 2 heteroatoms. The maximum atomic E-state index is 6.18. The predicted molar refractivity (Wildman–Crippen MR) is 86.9 cm³/mol. The third kappa shape index (κ3) is 3.62. The summed E-state index contributed by atoms with van der Waals surface area (Å²) >= 11 is 0. The second-order valence-corrected chi connectivity index (χ2v) is 6.69. The van der Waals surface area contributed by atoms with Crippen LogP contribution in [0.3, 0.4) is 0 Å². The molecule has 0 amide bonds. The number of likely N-dealkylation sites (N-methyl/N-ethyl adjacent to an activating group) is 1. The molecule has 1 aliphatic carbocycles. The van der Waals surface area contributed by atoms with Gasteiger partial charge in [-0.2, -0.15) is 0 Å². The summed E-state index contributed by atoms with van der Waals surface area (Å²) in [5, 5.41) is 0. The van der Waals surface area contributed by atoms with Crippen LogP contribution in [0.15, 0.2) is 18.2 Å². The molecule has 0 bridgehead atoms. The van der Waals surface area contributed by atoms with E-state index in [1.54, 1.807) is 0 Å². The minimum absolute atomic E-state index is 0.216. The third-order valence-corrected chi connectivity index (χ3v) is 4.93. The Bertz CT molecular complexity index is 411. The lowest BCUT2D eigenvalue weighted by atomic mass is 9.88. The lowest BCUT2D eigenvalue weighted by Crippen LogP contribution is -2.51. The van der Waals surface area contributed by atoms with Crippen LogP contribution in [0.1, 0.15) is 55.2 Å². The summed E-state index contributed by atoms with van der Waals surface area (Å²) < 4.78 is 0. The lowest BCUT2D eigenvalue weighted by Gasteiger charge is -2.41. The van der Waals surface area contributed by atoms with E-state index in [0.29, 0.717) is 0 Å². The molecule has 0 atom stereocenters. The number of hydrogen-bond donors (Lipinski definition) is 1. The van der Waals surface area contributed by atoms with Gasteiger partial charge in [-0.05, 0) is 39.3 Å². The van der Waals surface area contributed by atoms with Crippen LogP contribution in [0.25, 0.3) is 0 Å². The molecule has 112 valence electrons. The Balaban J connectivity index is 2.13. The number of rotatable bonds is 4. The fourth-order valence-electron chi connectivity index (χ4n) is 3.73. The van der Waals surface area contributed by atoms with Crippen molar-refractivity contribution in [1.29, 1.82) is 0 Å². The van der Waals surface area contributed by atoms with E-state index < -0.39 is 0 Å². The molecule has 1 aliphatic rings. The molecule has 1 aromatic carbocycles. The van der Waals surface area contributed by atoms with E-state index in [1.807, 2.05) is 0 Å². The van der Waals surface area contributed by atoms with E-state index in [1.165, 1.54) is 55.2 Å². The van der Waals surface area contributed by atoms with Crippen LogP contribution in [-0.2, 0) is 6.54 Å². The van der Waals surface area contributed by atoms with Gasteiger partial charge in [-0.25, -0.2) is 0 Å². The van der Waals surface area contributed by atoms with Crippen molar-refractivity contribution in [2.45, 2.75) is 64.5 Å². The Kier molecular flexibility index (Phi) is 5.22. The Morgan fingerprint density at radius 3 is 2.05 bits per heavy atom. The van der Waals surface area contributed by atoms with E-state index in [2.05, 4.69) is 44.0 Å². The van der Waals surface area contributed by atoms with Crippen molar-refractivity contribution in [1.82, 2.24) is 4.90 Å². The van der Waals surface area contributed by atoms with Crippen molar-refractivity contribution in [3.8, 4) is 0 Å². The maximum absolute atomic E-state index is 6.18. The molecule has 2 N–H and O–H groups in total. The summed E-state index contributed by atoms with van der Waals surface area (Å²) in [7, 11) is 2.26. The number of benzene rings is 1. The van der Waals surface area contributed by atoms with Crippen LogP contribution in [0.4, 0.5) is 0 Å². The van der Waals surface area contributed by atoms with Crippen LogP contribution < -0.4 is 5.73 Å². The second-order valence-electron chi connectivity index (χ2n) is 6.69. The van der Waals surface area contributed by atoms with Gasteiger partial charge in [0, 0.05) is 18.6 Å². The number of nitrogens with two attached hydrogens (primary N) is 1. The Morgan fingerprint density at radius 1 is 1.00 bits per heavy atom. The average molecular weight is 274 g/mol. The van der Waals surface area contributed by atoms with E-state index in [-0.39, 0.29) is 5.54 Å². The molecule has 1 fully saturated rings. The van der Waals surface area contributed by atoms with Gasteiger partial charge in [-0.1, -0.05) is 55.0 Å². The molecule has 2 nitrogen and oxygen atoms in total. The molecule has 2 rings (SSSR count). The normalized spacial score (nSPS) is 19.1. The van der Waals surface area contributed by atoms with Gasteiger partial charge in [0.05, 0.1) is 0 Å². The maximum Gasteiger partial charge on any atom is 0.0332 e. The fraction of sp³-hybridized carbons (Fsp3) is 0.667. The number of nitrogens with zero attached hydrogens (tertiary/aromatic N) is 1. The van der Waals surface area contributed by atoms with E-state index in [9.17, 15) is 0 Å². The first-order valence-electron chi connectivity index (χ1n) is 8.04. The molecule has 0 aromatic heterocycles. The lowest BCUT2D eigenvalue weighted by molar-refractivity contribution is 0.0997. The SMILES string of the molecule is Cc1cc(C)cc(CN(C)C2(CN)CCCCCC2)c1. The molecule has 0 saturated heterocycles. The summed E-state index contributed by atoms with van der Waals surface area (Å²) in [6.07, 6.45) is 7.91. The largest absolute Gasteiger partial charge is 0.329 e. The zero-order valence-electron chi connectivity index (χ0n) is 13.4. The topological polar surface area (TPSA) is 29.3 Å². The van der Waals surface area contributed by atoms with E-state index >= 15 is 0 Å². The van der Waals surface area contributed by atoms with E-state index in [4.69, 9.17) is 5.73 Å². The number of aryl methyl sites for hydroxylation is 2. The van der Waals surface area contributed by atoms with Crippen molar-refractivity contribution in [2.75, 3.05) is 13.6 Å². The first kappa shape index (κ1) is 15.5. The summed E-state index contributed by atoms with van der Waals surface area (Å²) in [6, 6.07) is 6.86. The van der Waals surface area contributed by atoms with Gasteiger partial charge in [0.25, 0.3) is 0 Å². The number of hydrogen-bond acceptors (Lipinski definition) is 2. The highest BCUT2D eigenvalue weighted by molar-refractivity contribution is 5.28. The zero-order valence-corrected chi connectivity index (χ0v) is 13.4. The molecule has 1 saturated carbocycles. The van der Waals surface area contributed by atoms with Crippen molar-refractivity contribution < 1.29 is 0 Å². The van der Waals surface area contributed by atoms with Crippen LogP contribution in [0.2, 0.25) is 0 Å². The molecular formula is C18H30N2. The standard InChI is InChI=1S/C18H30N2/c1-15-10-16(2)12-17(11-15)13-20(3)18(14-19)8-6-4-5-7-9-18/h10-12H,4-9,13-14,19H2,1-3H3. The highest BCUT2D eigenvalue weighted by atomic mass is 15.2. The van der Waals surface area contributed by atoms with Gasteiger partial charge in [0.1, 0.15) is 0 Å². The van der Waals surface area contributed by atoms with Crippen LogP contribution in [0, 0.1) is 13.8 Å². The highest BCUT2D eigenvalue weighted by Crippen LogP contribution is 2.32. The smallest absolute Gasteiger partial charge is 0.0332 e. The first-order chi connectivity index (χ1) is 9.55. The van der Waals surface area contributed by atoms with E-state index in [0.717, 1.165) is 13.1 Å². The first-order valence-corrected chi connectivity index (χ1v) is 8.04. The second kappa shape index (κ2) is 6.73. The highest BCUT2D eigenvalue weighted by Gasteiger charge is 2.33.